The zero-order valence-corrected chi connectivity index (χ0v) is 9.08. The molecule has 0 heterocycles. The highest BCUT2D eigenvalue weighted by molar-refractivity contribution is 6.42. The lowest BCUT2D eigenvalue weighted by Crippen LogP contribution is -2.01. The molecule has 0 aromatic heterocycles. The van der Waals surface area contributed by atoms with Crippen molar-refractivity contribution in [3.8, 4) is 0 Å². The van der Waals surface area contributed by atoms with Crippen molar-refractivity contribution in [2.75, 3.05) is 7.11 Å². The second-order valence-electron chi connectivity index (χ2n) is 2.46. The molecule has 0 radical (unpaired) electrons. The number of nitrogens with zero attached hydrogens (tertiary/aromatic N) is 3. The van der Waals surface area contributed by atoms with E-state index < -0.39 is 5.97 Å². The van der Waals surface area contributed by atoms with E-state index in [2.05, 4.69) is 14.8 Å². The first-order chi connectivity index (χ1) is 7.10. The van der Waals surface area contributed by atoms with Crippen LogP contribution in [0.3, 0.4) is 0 Å². The van der Waals surface area contributed by atoms with Gasteiger partial charge in [0, 0.05) is 4.91 Å². The summed E-state index contributed by atoms with van der Waals surface area (Å²) in [7, 11) is 1.21. The van der Waals surface area contributed by atoms with Crippen molar-refractivity contribution in [2.45, 2.75) is 0 Å². The Morgan fingerprint density at radius 1 is 1.47 bits per heavy atom. The summed E-state index contributed by atoms with van der Waals surface area (Å²) in [4.78, 5) is 13.8. The van der Waals surface area contributed by atoms with E-state index in [9.17, 15) is 4.79 Å². The van der Waals surface area contributed by atoms with Gasteiger partial charge in [0.25, 0.3) is 0 Å². The van der Waals surface area contributed by atoms with Crippen LogP contribution in [0.5, 0.6) is 0 Å². The van der Waals surface area contributed by atoms with Gasteiger partial charge in [0.2, 0.25) is 0 Å². The maximum Gasteiger partial charge on any atom is 0.338 e. The van der Waals surface area contributed by atoms with Crippen molar-refractivity contribution in [2.24, 2.45) is 5.11 Å². The topological polar surface area (TPSA) is 75.1 Å². The molecule has 78 valence electrons. The van der Waals surface area contributed by atoms with Gasteiger partial charge >= 0.3 is 5.97 Å². The zero-order chi connectivity index (χ0) is 11.4. The molecule has 0 saturated heterocycles. The average molecular weight is 246 g/mol. The van der Waals surface area contributed by atoms with Crippen LogP contribution in [0.15, 0.2) is 17.2 Å². The van der Waals surface area contributed by atoms with E-state index >= 15 is 0 Å². The Kier molecular flexibility index (Phi) is 3.80. The fourth-order valence-electron chi connectivity index (χ4n) is 0.941. The SMILES string of the molecule is COC(=O)c1cc(Cl)c(Cl)cc1N=[N+]=[N-]. The standard InChI is InChI=1S/C8H5Cl2N3O2/c1-15-8(14)4-2-5(9)6(10)3-7(4)12-13-11/h2-3H,1H3. The van der Waals surface area contributed by atoms with Crippen molar-refractivity contribution in [1.82, 2.24) is 0 Å². The van der Waals surface area contributed by atoms with Gasteiger partial charge in [-0.15, -0.1) is 0 Å². The Balaban J connectivity index is 3.40. The molecular formula is C8H5Cl2N3O2. The van der Waals surface area contributed by atoms with Crippen LogP contribution in [-0.4, -0.2) is 13.1 Å². The van der Waals surface area contributed by atoms with Crippen LogP contribution in [0, 0.1) is 0 Å². The Hall–Kier alpha value is -1.42. The fraction of sp³-hybridized carbons (Fsp3) is 0.125. The van der Waals surface area contributed by atoms with E-state index in [4.69, 9.17) is 28.7 Å². The van der Waals surface area contributed by atoms with Crippen LogP contribution in [-0.2, 0) is 4.74 Å². The number of carbonyl (C=O) groups excluding carboxylic acids is 1. The summed E-state index contributed by atoms with van der Waals surface area (Å²) in [5.74, 6) is -0.643. The Morgan fingerprint density at radius 3 is 2.60 bits per heavy atom. The smallest absolute Gasteiger partial charge is 0.338 e. The number of rotatable bonds is 2. The summed E-state index contributed by atoms with van der Waals surface area (Å²) < 4.78 is 4.49. The summed E-state index contributed by atoms with van der Waals surface area (Å²) in [6, 6.07) is 2.59. The van der Waals surface area contributed by atoms with Gasteiger partial charge in [0.15, 0.2) is 0 Å². The minimum Gasteiger partial charge on any atom is -0.465 e. The second-order valence-corrected chi connectivity index (χ2v) is 3.28. The maximum atomic E-state index is 11.3. The van der Waals surface area contributed by atoms with Gasteiger partial charge in [-0.25, -0.2) is 4.79 Å². The third-order valence-electron chi connectivity index (χ3n) is 1.60. The largest absolute Gasteiger partial charge is 0.465 e. The van der Waals surface area contributed by atoms with Crippen molar-refractivity contribution in [3.63, 3.8) is 0 Å². The van der Waals surface area contributed by atoms with Crippen LogP contribution < -0.4 is 0 Å². The number of azide groups is 1. The summed E-state index contributed by atoms with van der Waals surface area (Å²) in [5.41, 5.74) is 8.44. The van der Waals surface area contributed by atoms with Crippen LogP contribution in [0.4, 0.5) is 5.69 Å². The molecular weight excluding hydrogens is 241 g/mol. The highest BCUT2D eigenvalue weighted by atomic mass is 35.5. The second kappa shape index (κ2) is 4.89. The first-order valence-electron chi connectivity index (χ1n) is 3.72. The third kappa shape index (κ3) is 2.53. The molecule has 15 heavy (non-hydrogen) atoms. The third-order valence-corrected chi connectivity index (χ3v) is 2.32. The number of hydrogen-bond acceptors (Lipinski definition) is 3. The molecule has 0 spiro atoms. The molecule has 7 heteroatoms. The van der Waals surface area contributed by atoms with Gasteiger partial charge in [0.05, 0.1) is 28.4 Å². The van der Waals surface area contributed by atoms with Crippen molar-refractivity contribution >= 4 is 34.9 Å². The van der Waals surface area contributed by atoms with E-state index in [0.29, 0.717) is 0 Å². The molecule has 0 fully saturated rings. The molecule has 1 rings (SSSR count). The lowest BCUT2D eigenvalue weighted by atomic mass is 10.2. The van der Waals surface area contributed by atoms with Gasteiger partial charge in [0.1, 0.15) is 0 Å². The summed E-state index contributed by atoms with van der Waals surface area (Å²) in [5, 5.41) is 3.70. The summed E-state index contributed by atoms with van der Waals surface area (Å²) in [6.45, 7) is 0. The number of ether oxygens (including phenoxy) is 1. The predicted molar refractivity (Wildman–Crippen MR) is 56.6 cm³/mol. The zero-order valence-electron chi connectivity index (χ0n) is 7.57. The number of methoxy groups -OCH3 is 1. The first kappa shape index (κ1) is 11.7. The number of hydrogen-bond donors (Lipinski definition) is 0. The van der Waals surface area contributed by atoms with E-state index in [-0.39, 0.29) is 21.3 Å². The first-order valence-corrected chi connectivity index (χ1v) is 4.48. The van der Waals surface area contributed by atoms with E-state index in [1.165, 1.54) is 19.2 Å². The normalized spacial score (nSPS) is 9.27. The molecule has 0 amide bonds. The number of esters is 1. The maximum absolute atomic E-state index is 11.3. The molecule has 0 N–H and O–H groups in total. The minimum atomic E-state index is -0.643. The molecule has 0 aliphatic carbocycles. The molecule has 0 bridgehead atoms. The minimum absolute atomic E-state index is 0.0738. The average Bonchev–Trinajstić information content (AvgIpc) is 2.22. The molecule has 0 atom stereocenters. The van der Waals surface area contributed by atoms with Crippen molar-refractivity contribution in [1.29, 1.82) is 0 Å². The predicted octanol–water partition coefficient (Wildman–Crippen LogP) is 3.72. The highest BCUT2D eigenvalue weighted by Crippen LogP contribution is 2.31. The van der Waals surface area contributed by atoms with E-state index in [0.717, 1.165) is 0 Å². The van der Waals surface area contributed by atoms with E-state index in [1.54, 1.807) is 0 Å². The molecule has 1 aromatic carbocycles. The van der Waals surface area contributed by atoms with Crippen molar-refractivity contribution in [3.05, 3.63) is 38.2 Å². The van der Waals surface area contributed by atoms with Gasteiger partial charge in [-0.2, -0.15) is 0 Å². The van der Waals surface area contributed by atoms with Gasteiger partial charge in [-0.05, 0) is 17.7 Å². The van der Waals surface area contributed by atoms with Gasteiger partial charge in [-0.3, -0.25) is 0 Å². The number of carbonyl (C=O) groups is 1. The Labute approximate surface area is 95.2 Å². The van der Waals surface area contributed by atoms with Crippen LogP contribution in [0.2, 0.25) is 10.0 Å². The molecule has 0 unspecified atom stereocenters. The quantitative estimate of drug-likeness (QED) is 0.345. The van der Waals surface area contributed by atoms with Gasteiger partial charge in [-0.1, -0.05) is 28.3 Å². The number of halogens is 2. The summed E-state index contributed by atoms with van der Waals surface area (Å²) >= 11 is 11.4. The molecule has 0 saturated carbocycles. The molecule has 1 aromatic rings. The highest BCUT2D eigenvalue weighted by Gasteiger charge is 2.13. The molecule has 5 nitrogen and oxygen atoms in total. The molecule has 0 aliphatic heterocycles. The Morgan fingerprint density at radius 2 is 2.07 bits per heavy atom. The Bertz CT molecular complexity index is 455. The van der Waals surface area contributed by atoms with Gasteiger partial charge < -0.3 is 4.74 Å². The van der Waals surface area contributed by atoms with E-state index in [1.807, 2.05) is 0 Å². The van der Waals surface area contributed by atoms with Crippen LogP contribution in [0.1, 0.15) is 10.4 Å². The van der Waals surface area contributed by atoms with Crippen LogP contribution >= 0.6 is 23.2 Å². The summed E-state index contributed by atoms with van der Waals surface area (Å²) in [6.07, 6.45) is 0. The monoisotopic (exact) mass is 245 g/mol. The number of benzene rings is 1. The van der Waals surface area contributed by atoms with Crippen LogP contribution in [0.25, 0.3) is 10.4 Å². The van der Waals surface area contributed by atoms with Crippen molar-refractivity contribution < 1.29 is 9.53 Å². The molecule has 0 aliphatic rings. The lowest BCUT2D eigenvalue weighted by Gasteiger charge is -2.04. The lowest BCUT2D eigenvalue weighted by molar-refractivity contribution is 0.0601. The fourth-order valence-corrected chi connectivity index (χ4v) is 1.26.